The largest absolute Gasteiger partial charge is 0.446 e. The van der Waals surface area contributed by atoms with Crippen LogP contribution in [-0.2, 0) is 10.8 Å². The van der Waals surface area contributed by atoms with Crippen LogP contribution in [0.5, 0.6) is 0 Å². The van der Waals surface area contributed by atoms with E-state index in [-0.39, 0.29) is 10.8 Å². The minimum absolute atomic E-state index is 0.230. The van der Waals surface area contributed by atoms with E-state index in [0.717, 1.165) is 34.7 Å². The maximum absolute atomic E-state index is 5.01. The van der Waals surface area contributed by atoms with Crippen molar-refractivity contribution in [3.8, 4) is 0 Å². The highest BCUT2D eigenvalue weighted by Crippen LogP contribution is 2.26. The summed E-state index contributed by atoms with van der Waals surface area (Å²) >= 11 is 3.44. The lowest BCUT2D eigenvalue weighted by atomic mass is 9.96. The number of aliphatic imine (C=N–C) groups is 1. The van der Waals surface area contributed by atoms with Gasteiger partial charge in [-0.2, -0.15) is 5.10 Å². The van der Waals surface area contributed by atoms with E-state index in [1.807, 2.05) is 239 Å². The number of benzene rings is 1. The lowest BCUT2D eigenvalue weighted by molar-refractivity contribution is 0.469. The molecule has 0 saturated carbocycles. The zero-order valence-electron chi connectivity index (χ0n) is 101. The van der Waals surface area contributed by atoms with Gasteiger partial charge in [0.1, 0.15) is 5.65 Å². The Balaban J connectivity index is -0.000000228. The summed E-state index contributed by atoms with van der Waals surface area (Å²) in [4.78, 5) is 46.7. The van der Waals surface area contributed by atoms with Crippen LogP contribution >= 0.6 is 22.7 Å². The van der Waals surface area contributed by atoms with Crippen LogP contribution < -0.4 is 5.32 Å². The monoisotopic (exact) mass is 2040 g/mol. The van der Waals surface area contributed by atoms with Crippen LogP contribution in [0, 0.1) is 60.1 Å². The molecular weight excluding hydrogens is 1830 g/mol. The van der Waals surface area contributed by atoms with Gasteiger partial charge in [0.05, 0.1) is 35.2 Å². The fourth-order valence-electron chi connectivity index (χ4n) is 6.24. The summed E-state index contributed by atoms with van der Waals surface area (Å²) in [5.41, 5.74) is 11.2. The molecule has 0 unspecified atom stereocenters. The highest BCUT2D eigenvalue weighted by Gasteiger charge is 2.16. The van der Waals surface area contributed by atoms with Crippen molar-refractivity contribution in [3.63, 3.8) is 0 Å². The van der Waals surface area contributed by atoms with Crippen LogP contribution in [0.1, 0.15) is 349 Å². The fraction of sp³-hybridized carbons (Fsp3) is 0.496. The number of pyridine rings is 6. The number of nitrogens with zero attached hydrogens (tertiary/aromatic N) is 14. The number of H-pyrrole nitrogens is 1. The second kappa shape index (κ2) is 86.8. The van der Waals surface area contributed by atoms with Gasteiger partial charge in [-0.25, -0.2) is 24.5 Å². The lowest BCUT2D eigenvalue weighted by Gasteiger charge is -2.13. The summed E-state index contributed by atoms with van der Waals surface area (Å²) in [6.07, 6.45) is 52.1. The van der Waals surface area contributed by atoms with Crippen LogP contribution in [0.15, 0.2) is 357 Å². The van der Waals surface area contributed by atoms with Gasteiger partial charge in [0.15, 0.2) is 0 Å². The van der Waals surface area contributed by atoms with E-state index in [1.54, 1.807) is 134 Å². The van der Waals surface area contributed by atoms with Crippen molar-refractivity contribution in [2.45, 2.75) is 350 Å². The van der Waals surface area contributed by atoms with Crippen LogP contribution in [0.2, 0.25) is 0 Å². The summed E-state index contributed by atoms with van der Waals surface area (Å²) in [6.45, 7) is 112. The number of nitrogens with one attached hydrogen (secondary N) is 2. The summed E-state index contributed by atoms with van der Waals surface area (Å²) in [6, 6.07) is 48.8. The quantitative estimate of drug-likeness (QED) is 0.145. The Labute approximate surface area is 903 Å². The molecule has 816 valence electrons. The number of hydrogen-bond acceptors (Lipinski definition) is 16. The van der Waals surface area contributed by atoms with Crippen molar-refractivity contribution >= 4 is 51.2 Å². The van der Waals surface area contributed by atoms with E-state index < -0.39 is 0 Å². The standard InChI is InChI=1S/2C7H6N2.C7H5NO.2C7H11NS.C6H7N.C6H6.3C5H5N.10C5H12.C4H4N2.C4H5N.C4H10.C3H4N2/c1-2-6-9-7(3-1)4-5-8-9;1-2-5-9-6-4-8-7(9)3-1;1-2-6-3-5-9-7(6)8-4-1;1-7(2,3)6-4-8-5-9-6;1-7(2,3)6-8-4-5-9-6;1-6-4-2-3-5-7-6;4*1-2-4-6-5-3-1;10*1-5(2,3)4;1-2-6-4-3-5-1;1-2-4-5-3-1;1-4(2)3;1-2-5-3-4-1/h2*1-6H;1-5H;2*4-5H,1-3H3;2-5,7H,1H2;1-6H;3*1-5H;10*1-4H3;1-4H;1-3H,4H2;4H,1-3H3;1-3H,(H,4,5). The predicted octanol–water partition coefficient (Wildman–Crippen LogP) is 39.2. The molecule has 0 fully saturated rings. The second-order valence-corrected chi connectivity index (χ2v) is 53.5. The zero-order chi connectivity index (χ0) is 114. The van der Waals surface area contributed by atoms with Gasteiger partial charge in [0.25, 0.3) is 0 Å². The molecule has 0 saturated heterocycles. The van der Waals surface area contributed by atoms with Crippen molar-refractivity contribution in [1.29, 1.82) is 0 Å². The van der Waals surface area contributed by atoms with Gasteiger partial charge in [0.2, 0.25) is 5.71 Å². The average molecular weight is 2040 g/mol. The van der Waals surface area contributed by atoms with E-state index in [2.05, 4.69) is 416 Å². The summed E-state index contributed by atoms with van der Waals surface area (Å²) < 4.78 is 8.81. The zero-order valence-corrected chi connectivity index (χ0v) is 103. The second-order valence-electron chi connectivity index (χ2n) is 51.8. The molecule has 1 aromatic carbocycles. The first kappa shape index (κ1) is 150. The number of thiazole rings is 2. The first-order valence-electron chi connectivity index (χ1n) is 50.7. The van der Waals surface area contributed by atoms with Gasteiger partial charge < -0.3 is 19.1 Å². The number of aromatic amines is 1. The van der Waals surface area contributed by atoms with E-state index in [0.29, 0.717) is 59.9 Å². The minimum atomic E-state index is 0.230. The maximum Gasteiger partial charge on any atom is 0.225 e. The Hall–Kier alpha value is -11.3. The Kier molecular flexibility index (Phi) is 89.2. The Morgan fingerprint density at radius 1 is 0.349 bits per heavy atom. The number of aromatic nitrogens is 14. The smallest absolute Gasteiger partial charge is 0.225 e. The third kappa shape index (κ3) is 178. The molecule has 2 aliphatic heterocycles. The summed E-state index contributed by atoms with van der Waals surface area (Å²) in [7, 11) is 0. The summed E-state index contributed by atoms with van der Waals surface area (Å²) in [5.74, 6) is 0.833. The molecule has 15 heterocycles. The molecule has 17 nitrogen and oxygen atoms in total. The molecule has 0 atom stereocenters. The van der Waals surface area contributed by atoms with E-state index in [9.17, 15) is 0 Å². The van der Waals surface area contributed by atoms with Crippen molar-refractivity contribution in [1.82, 2.24) is 74.2 Å². The van der Waals surface area contributed by atoms with Crippen LogP contribution in [0.4, 0.5) is 0 Å². The number of rotatable bonds is 0. The molecule has 0 bridgehead atoms. The molecule has 0 aliphatic carbocycles. The highest BCUT2D eigenvalue weighted by atomic mass is 32.1. The van der Waals surface area contributed by atoms with Gasteiger partial charge in [-0.05, 0) is 169 Å². The van der Waals surface area contributed by atoms with Crippen molar-refractivity contribution in [2.75, 3.05) is 6.54 Å². The van der Waals surface area contributed by atoms with E-state index in [4.69, 9.17) is 4.42 Å². The number of furan rings is 1. The van der Waals surface area contributed by atoms with Gasteiger partial charge >= 0.3 is 0 Å². The number of dihydropyridines is 1. The molecule has 0 spiro atoms. The van der Waals surface area contributed by atoms with Gasteiger partial charge in [-0.3, -0.25) is 34.9 Å². The van der Waals surface area contributed by atoms with Crippen molar-refractivity contribution < 1.29 is 4.42 Å². The van der Waals surface area contributed by atoms with Gasteiger partial charge in [-0.15, -0.1) is 22.7 Å². The SMILES string of the molecule is C1=CCN=C1.C=C1C=CC=CN1.CC(C)(C)C.CC(C)(C)C.CC(C)(C)C.CC(C)(C)C.CC(C)(C)C.CC(C)(C)C.CC(C)(C)C.CC(C)(C)C.CC(C)(C)C.CC(C)(C)C.CC(C)(C)c1cncs1.CC(C)(C)c1nccs1.CC(C)C.c1c[nH]cn1.c1ccccc1.c1ccn2ccnc2c1.c1ccn2nccc2c1.c1ccncc1.c1ccncc1.c1ccncc1.c1cnc2occc2c1.c1cnccn1. The van der Waals surface area contributed by atoms with Crippen LogP contribution in [0.3, 0.4) is 0 Å². The number of hydrogen-bond donors (Lipinski definition) is 2. The molecule has 0 amide bonds. The number of imidazole rings is 2. The molecule has 0 radical (unpaired) electrons. The van der Waals surface area contributed by atoms with Gasteiger partial charge in [-0.1, -0.05) is 425 Å². The molecule has 14 aromatic rings. The molecular formula is C127H210N16OS2. The first-order chi connectivity index (χ1) is 66.7. The molecule has 16 rings (SSSR count). The molecule has 19 heteroatoms. The predicted molar refractivity (Wildman–Crippen MR) is 651 cm³/mol. The van der Waals surface area contributed by atoms with Gasteiger partial charge in [0, 0.05) is 163 Å². The molecule has 13 aromatic heterocycles. The van der Waals surface area contributed by atoms with Crippen LogP contribution in [-0.4, -0.2) is 81.6 Å². The number of fused-ring (bicyclic) bond motifs is 3. The van der Waals surface area contributed by atoms with Crippen LogP contribution in [0.25, 0.3) is 22.3 Å². The third-order valence-electron chi connectivity index (χ3n) is 10.6. The van der Waals surface area contributed by atoms with E-state index in [1.165, 1.54) is 9.88 Å². The maximum atomic E-state index is 5.01. The van der Waals surface area contributed by atoms with Crippen molar-refractivity contribution in [3.05, 3.63) is 358 Å². The Bertz CT molecular complexity index is 4210. The Morgan fingerprint density at radius 3 is 0.986 bits per heavy atom. The topological polar surface area (TPSA) is 204 Å². The molecule has 146 heavy (non-hydrogen) atoms. The normalized spacial score (nSPS) is 11.0. The number of allylic oxidation sites excluding steroid dienone is 4. The lowest BCUT2D eigenvalue weighted by Crippen LogP contribution is -2.09. The third-order valence-corrected chi connectivity index (χ3v) is 13.0. The molecule has 2 aliphatic rings. The minimum Gasteiger partial charge on any atom is -0.446 e. The first-order valence-corrected chi connectivity index (χ1v) is 52.4. The average Bonchev–Trinajstić information content (AvgIpc) is 1.78. The van der Waals surface area contributed by atoms with E-state index >= 15 is 0 Å². The molecule has 2 N–H and O–H groups in total. The highest BCUT2D eigenvalue weighted by molar-refractivity contribution is 7.10. The summed E-state index contributed by atoms with van der Waals surface area (Å²) in [5, 5.41) is 11.2. The fourth-order valence-corrected chi connectivity index (χ4v) is 7.67. The van der Waals surface area contributed by atoms with Crippen molar-refractivity contribution in [2.24, 2.45) is 65.1 Å². The Morgan fingerprint density at radius 2 is 0.747 bits per heavy atom.